The van der Waals surface area contributed by atoms with Gasteiger partial charge < -0.3 is 5.11 Å². The lowest BCUT2D eigenvalue weighted by atomic mass is 10.0. The number of rotatable bonds is 5. The lowest BCUT2D eigenvalue weighted by molar-refractivity contribution is -0.139. The number of carbonyl (C=O) groups is 2. The van der Waals surface area contributed by atoms with Gasteiger partial charge >= 0.3 is 5.97 Å². The Labute approximate surface area is 71.4 Å². The minimum Gasteiger partial charge on any atom is -0.481 e. The molecular weight excluding hydrogens is 156 g/mol. The van der Waals surface area contributed by atoms with Crippen LogP contribution >= 0.6 is 0 Å². The van der Waals surface area contributed by atoms with Crippen LogP contribution in [0.3, 0.4) is 0 Å². The van der Waals surface area contributed by atoms with E-state index in [9.17, 15) is 9.59 Å². The monoisotopic (exact) mass is 168 g/mol. The van der Waals surface area contributed by atoms with Gasteiger partial charge in [0.1, 0.15) is 0 Å². The van der Waals surface area contributed by atoms with E-state index in [1.54, 1.807) is 13.0 Å². The van der Waals surface area contributed by atoms with Crippen LogP contribution in [0.25, 0.3) is 0 Å². The molecule has 0 aliphatic rings. The first kappa shape index (κ1) is 10.6. The van der Waals surface area contributed by atoms with Gasteiger partial charge in [0, 0.05) is 5.92 Å². The molecule has 0 fully saturated rings. The minimum absolute atomic E-state index is 0.188. The van der Waals surface area contributed by atoms with Gasteiger partial charge in [0.2, 0.25) is 0 Å². The Morgan fingerprint density at radius 3 is 2.50 bits per heavy atom. The number of hydrogen-bond donors (Lipinski definition) is 1. The third kappa shape index (κ3) is 3.71. The summed E-state index contributed by atoms with van der Waals surface area (Å²) >= 11 is 0. The number of hydrogen-bond acceptors (Lipinski definition) is 2. The SMILES string of the molecule is C=CC(CC(=O)O)C(=O)/C=C/C. The zero-order valence-electron chi connectivity index (χ0n) is 6.99. The van der Waals surface area contributed by atoms with Crippen molar-refractivity contribution in [3.63, 3.8) is 0 Å². The lowest BCUT2D eigenvalue weighted by Crippen LogP contribution is -2.13. The lowest BCUT2D eigenvalue weighted by Gasteiger charge is -2.03. The molecule has 0 aliphatic carbocycles. The van der Waals surface area contributed by atoms with E-state index in [2.05, 4.69) is 6.58 Å². The van der Waals surface area contributed by atoms with Gasteiger partial charge in [0.05, 0.1) is 6.42 Å². The predicted octanol–water partition coefficient (Wildman–Crippen LogP) is 1.41. The normalized spacial score (nSPS) is 12.8. The van der Waals surface area contributed by atoms with E-state index in [1.165, 1.54) is 12.2 Å². The molecule has 12 heavy (non-hydrogen) atoms. The summed E-state index contributed by atoms with van der Waals surface area (Å²) in [5.41, 5.74) is 0. The summed E-state index contributed by atoms with van der Waals surface area (Å²) in [6, 6.07) is 0. The number of carbonyl (C=O) groups excluding carboxylic acids is 1. The molecular formula is C9H12O3. The second-order valence-corrected chi connectivity index (χ2v) is 2.34. The highest BCUT2D eigenvalue weighted by Crippen LogP contribution is 2.06. The molecule has 0 radical (unpaired) electrons. The fourth-order valence-corrected chi connectivity index (χ4v) is 0.776. The van der Waals surface area contributed by atoms with Crippen LogP contribution in [-0.2, 0) is 9.59 Å². The number of carboxylic acid groups (broad SMARTS) is 1. The van der Waals surface area contributed by atoms with Crippen molar-refractivity contribution < 1.29 is 14.7 Å². The summed E-state index contributed by atoms with van der Waals surface area (Å²) in [6.45, 7) is 5.11. The highest BCUT2D eigenvalue weighted by molar-refractivity contribution is 5.94. The van der Waals surface area contributed by atoms with Crippen LogP contribution in [-0.4, -0.2) is 16.9 Å². The first-order chi connectivity index (χ1) is 5.61. The summed E-state index contributed by atoms with van der Waals surface area (Å²) in [5, 5.41) is 8.41. The molecule has 0 saturated carbocycles. The number of aliphatic carboxylic acids is 1. The Morgan fingerprint density at radius 2 is 2.17 bits per heavy atom. The molecule has 0 aromatic carbocycles. The van der Waals surface area contributed by atoms with E-state index in [4.69, 9.17) is 5.11 Å². The predicted molar refractivity (Wildman–Crippen MR) is 45.8 cm³/mol. The Kier molecular flexibility index (Phi) is 4.69. The topological polar surface area (TPSA) is 54.4 Å². The van der Waals surface area contributed by atoms with Crippen LogP contribution in [0, 0.1) is 5.92 Å². The van der Waals surface area contributed by atoms with Gasteiger partial charge in [-0.3, -0.25) is 9.59 Å². The highest BCUT2D eigenvalue weighted by atomic mass is 16.4. The van der Waals surface area contributed by atoms with Gasteiger partial charge in [0.15, 0.2) is 5.78 Å². The number of allylic oxidation sites excluding steroid dienone is 3. The maximum atomic E-state index is 11.1. The number of carboxylic acids is 1. The second-order valence-electron chi connectivity index (χ2n) is 2.34. The first-order valence-corrected chi connectivity index (χ1v) is 3.62. The molecule has 3 nitrogen and oxygen atoms in total. The molecule has 66 valence electrons. The van der Waals surface area contributed by atoms with Crippen LogP contribution in [0.1, 0.15) is 13.3 Å². The number of ketones is 1. The van der Waals surface area contributed by atoms with Crippen LogP contribution in [0.5, 0.6) is 0 Å². The molecule has 0 rings (SSSR count). The fourth-order valence-electron chi connectivity index (χ4n) is 0.776. The van der Waals surface area contributed by atoms with E-state index >= 15 is 0 Å². The van der Waals surface area contributed by atoms with Crippen molar-refractivity contribution in [2.75, 3.05) is 0 Å². The Bertz CT molecular complexity index is 216. The molecule has 0 aliphatic heterocycles. The van der Waals surface area contributed by atoms with Gasteiger partial charge in [-0.15, -0.1) is 6.58 Å². The average molecular weight is 168 g/mol. The van der Waals surface area contributed by atoms with Crippen LogP contribution < -0.4 is 0 Å². The maximum absolute atomic E-state index is 11.1. The largest absolute Gasteiger partial charge is 0.481 e. The van der Waals surface area contributed by atoms with E-state index in [-0.39, 0.29) is 12.2 Å². The quantitative estimate of drug-likeness (QED) is 0.498. The molecule has 1 N–H and O–H groups in total. The molecule has 1 unspecified atom stereocenters. The van der Waals surface area contributed by atoms with Crippen molar-refractivity contribution in [1.29, 1.82) is 0 Å². The standard InChI is InChI=1S/C9H12O3/c1-3-5-8(10)7(4-2)6-9(11)12/h3-5,7H,2,6H2,1H3,(H,11,12)/b5-3+. The van der Waals surface area contributed by atoms with Gasteiger partial charge in [-0.2, -0.15) is 0 Å². The second kappa shape index (κ2) is 5.29. The molecule has 0 saturated heterocycles. The molecule has 0 aromatic heterocycles. The Hall–Kier alpha value is -1.38. The van der Waals surface area contributed by atoms with Crippen LogP contribution in [0.2, 0.25) is 0 Å². The molecule has 0 heterocycles. The third-order valence-corrected chi connectivity index (χ3v) is 1.38. The van der Waals surface area contributed by atoms with Crippen molar-refractivity contribution in [1.82, 2.24) is 0 Å². The smallest absolute Gasteiger partial charge is 0.304 e. The van der Waals surface area contributed by atoms with Gasteiger partial charge in [-0.05, 0) is 13.0 Å². The fraction of sp³-hybridized carbons (Fsp3) is 0.333. The molecule has 0 spiro atoms. The zero-order valence-corrected chi connectivity index (χ0v) is 6.99. The molecule has 1 atom stereocenters. The highest BCUT2D eigenvalue weighted by Gasteiger charge is 2.14. The first-order valence-electron chi connectivity index (χ1n) is 3.62. The summed E-state index contributed by atoms with van der Waals surface area (Å²) in [7, 11) is 0. The molecule has 0 aromatic rings. The maximum Gasteiger partial charge on any atom is 0.304 e. The molecule has 0 amide bonds. The van der Waals surface area contributed by atoms with Crippen LogP contribution in [0.4, 0.5) is 0 Å². The third-order valence-electron chi connectivity index (χ3n) is 1.38. The summed E-state index contributed by atoms with van der Waals surface area (Å²) in [4.78, 5) is 21.3. The van der Waals surface area contributed by atoms with Crippen molar-refractivity contribution in [3.05, 3.63) is 24.8 Å². The summed E-state index contributed by atoms with van der Waals surface area (Å²) < 4.78 is 0. The van der Waals surface area contributed by atoms with Crippen molar-refractivity contribution in [2.45, 2.75) is 13.3 Å². The van der Waals surface area contributed by atoms with E-state index in [0.717, 1.165) is 0 Å². The summed E-state index contributed by atoms with van der Waals surface area (Å²) in [6.07, 6.45) is 4.11. The van der Waals surface area contributed by atoms with E-state index < -0.39 is 11.9 Å². The van der Waals surface area contributed by atoms with Crippen molar-refractivity contribution in [3.8, 4) is 0 Å². The van der Waals surface area contributed by atoms with E-state index in [1.807, 2.05) is 0 Å². The molecule has 3 heteroatoms. The van der Waals surface area contributed by atoms with Crippen LogP contribution in [0.15, 0.2) is 24.8 Å². The van der Waals surface area contributed by atoms with Gasteiger partial charge in [0.25, 0.3) is 0 Å². The van der Waals surface area contributed by atoms with Crippen molar-refractivity contribution >= 4 is 11.8 Å². The zero-order chi connectivity index (χ0) is 9.56. The van der Waals surface area contributed by atoms with Gasteiger partial charge in [-0.25, -0.2) is 0 Å². The average Bonchev–Trinajstić information content (AvgIpc) is 2.00. The summed E-state index contributed by atoms with van der Waals surface area (Å²) in [5.74, 6) is -1.80. The van der Waals surface area contributed by atoms with E-state index in [0.29, 0.717) is 0 Å². The minimum atomic E-state index is -0.988. The van der Waals surface area contributed by atoms with Crippen molar-refractivity contribution in [2.24, 2.45) is 5.92 Å². The Balaban J connectivity index is 4.24. The molecule has 0 bridgehead atoms. The van der Waals surface area contributed by atoms with Gasteiger partial charge in [-0.1, -0.05) is 12.2 Å². The Morgan fingerprint density at radius 1 is 1.58 bits per heavy atom.